The van der Waals surface area contributed by atoms with Gasteiger partial charge in [-0.25, -0.2) is 4.79 Å². The molecule has 1 aromatic rings. The van der Waals surface area contributed by atoms with E-state index in [2.05, 4.69) is 22.7 Å². The van der Waals surface area contributed by atoms with Crippen LogP contribution < -0.4 is 15.9 Å². The zero-order valence-corrected chi connectivity index (χ0v) is 11.2. The second-order valence-electron chi connectivity index (χ2n) is 3.79. The molecule has 0 bridgehead atoms. The van der Waals surface area contributed by atoms with Gasteiger partial charge in [0.2, 0.25) is 0 Å². The van der Waals surface area contributed by atoms with Gasteiger partial charge >= 0.3 is 5.97 Å². The summed E-state index contributed by atoms with van der Waals surface area (Å²) in [4.78, 5) is 10.5. The predicted molar refractivity (Wildman–Crippen MR) is 76.3 cm³/mol. The van der Waals surface area contributed by atoms with E-state index in [1.807, 2.05) is 12.1 Å². The van der Waals surface area contributed by atoms with Gasteiger partial charge in [-0.15, -0.1) is 0 Å². The number of rotatable bonds is 6. The monoisotopic (exact) mass is 281 g/mol. The largest absolute Gasteiger partial charge is 0.482 e. The molecular formula is C12H15N3O3S. The first kappa shape index (κ1) is 14.9. The average molecular weight is 281 g/mol. The molecule has 0 aliphatic heterocycles. The van der Waals surface area contributed by atoms with Crippen LogP contribution in [0.25, 0.3) is 0 Å². The standard InChI is InChI=1S/C12H15N3O3S/c1-8(14-15-12(13)19)6-9-4-2-3-5-10(9)18-7-11(16)17/h2-5H,6-7H2,1H3,(H,16,17)(H3,13,15,19)/b14-8-. The van der Waals surface area contributed by atoms with E-state index in [-0.39, 0.29) is 11.7 Å². The summed E-state index contributed by atoms with van der Waals surface area (Å²) in [5.41, 5.74) is 9.36. The molecule has 0 aliphatic carbocycles. The van der Waals surface area contributed by atoms with E-state index in [1.54, 1.807) is 19.1 Å². The number of nitrogens with two attached hydrogens (primary N) is 1. The summed E-state index contributed by atoms with van der Waals surface area (Å²) >= 11 is 4.64. The number of para-hydroxylation sites is 1. The maximum Gasteiger partial charge on any atom is 0.341 e. The van der Waals surface area contributed by atoms with Crippen molar-refractivity contribution in [3.05, 3.63) is 29.8 Å². The molecule has 19 heavy (non-hydrogen) atoms. The fourth-order valence-corrected chi connectivity index (χ4v) is 1.44. The quantitative estimate of drug-likeness (QED) is 0.407. The van der Waals surface area contributed by atoms with Crippen molar-refractivity contribution >= 4 is 29.0 Å². The van der Waals surface area contributed by atoms with E-state index in [0.717, 1.165) is 11.3 Å². The van der Waals surface area contributed by atoms with Crippen LogP contribution in [0.3, 0.4) is 0 Å². The average Bonchev–Trinajstić information content (AvgIpc) is 2.35. The molecule has 0 aliphatic rings. The van der Waals surface area contributed by atoms with E-state index in [9.17, 15) is 4.79 Å². The van der Waals surface area contributed by atoms with Crippen molar-refractivity contribution in [2.24, 2.45) is 10.8 Å². The van der Waals surface area contributed by atoms with Crippen LogP contribution in [0, 0.1) is 0 Å². The number of nitrogens with zero attached hydrogens (tertiary/aromatic N) is 1. The lowest BCUT2D eigenvalue weighted by Crippen LogP contribution is -2.25. The topological polar surface area (TPSA) is 96.9 Å². The summed E-state index contributed by atoms with van der Waals surface area (Å²) in [6.07, 6.45) is 0.505. The van der Waals surface area contributed by atoms with Crippen molar-refractivity contribution in [3.63, 3.8) is 0 Å². The van der Waals surface area contributed by atoms with Gasteiger partial charge in [-0.2, -0.15) is 5.10 Å². The summed E-state index contributed by atoms with van der Waals surface area (Å²) in [5, 5.41) is 12.7. The van der Waals surface area contributed by atoms with E-state index in [1.165, 1.54) is 0 Å². The van der Waals surface area contributed by atoms with Gasteiger partial charge in [0.25, 0.3) is 0 Å². The van der Waals surface area contributed by atoms with Crippen LogP contribution in [-0.2, 0) is 11.2 Å². The first-order chi connectivity index (χ1) is 8.99. The number of carboxylic acids is 1. The fraction of sp³-hybridized carbons (Fsp3) is 0.250. The minimum absolute atomic E-state index is 0.0924. The molecule has 0 spiro atoms. The van der Waals surface area contributed by atoms with E-state index >= 15 is 0 Å². The smallest absolute Gasteiger partial charge is 0.341 e. The Kier molecular flexibility index (Phi) is 5.74. The highest BCUT2D eigenvalue weighted by atomic mass is 32.1. The Morgan fingerprint density at radius 1 is 1.53 bits per heavy atom. The zero-order valence-electron chi connectivity index (χ0n) is 10.4. The number of hydrogen-bond donors (Lipinski definition) is 3. The number of carboxylic acid groups (broad SMARTS) is 1. The van der Waals surface area contributed by atoms with Crippen molar-refractivity contribution < 1.29 is 14.6 Å². The van der Waals surface area contributed by atoms with Crippen LogP contribution in [0.5, 0.6) is 5.75 Å². The summed E-state index contributed by atoms with van der Waals surface area (Å²) in [5.74, 6) is -0.495. The van der Waals surface area contributed by atoms with Gasteiger partial charge in [0.15, 0.2) is 11.7 Å². The highest BCUT2D eigenvalue weighted by Gasteiger charge is 2.06. The second kappa shape index (κ2) is 7.32. The van der Waals surface area contributed by atoms with Crippen molar-refractivity contribution in [1.82, 2.24) is 5.43 Å². The summed E-state index contributed by atoms with van der Waals surface area (Å²) in [7, 11) is 0. The van der Waals surface area contributed by atoms with Crippen LogP contribution >= 0.6 is 12.2 Å². The van der Waals surface area contributed by atoms with Crippen molar-refractivity contribution in [1.29, 1.82) is 0 Å². The molecule has 0 amide bonds. The molecule has 6 nitrogen and oxygen atoms in total. The number of ether oxygens (including phenoxy) is 1. The molecule has 0 fully saturated rings. The molecule has 0 saturated heterocycles. The Morgan fingerprint density at radius 3 is 2.84 bits per heavy atom. The zero-order chi connectivity index (χ0) is 14.3. The molecule has 102 valence electrons. The van der Waals surface area contributed by atoms with Crippen LogP contribution in [0.1, 0.15) is 12.5 Å². The molecule has 0 saturated carbocycles. The van der Waals surface area contributed by atoms with Crippen molar-refractivity contribution in [3.8, 4) is 5.75 Å². The van der Waals surface area contributed by atoms with Gasteiger partial charge in [0, 0.05) is 12.1 Å². The van der Waals surface area contributed by atoms with Gasteiger partial charge in [0.1, 0.15) is 5.75 Å². The maximum atomic E-state index is 10.5. The van der Waals surface area contributed by atoms with Crippen LogP contribution in [0.15, 0.2) is 29.4 Å². The third-order valence-electron chi connectivity index (χ3n) is 2.13. The first-order valence-electron chi connectivity index (χ1n) is 5.50. The molecular weight excluding hydrogens is 266 g/mol. The fourth-order valence-electron chi connectivity index (χ4n) is 1.40. The molecule has 1 rings (SSSR count). The third kappa shape index (κ3) is 5.82. The van der Waals surface area contributed by atoms with E-state index in [0.29, 0.717) is 12.2 Å². The van der Waals surface area contributed by atoms with Crippen molar-refractivity contribution in [2.45, 2.75) is 13.3 Å². The number of hydrazone groups is 1. The lowest BCUT2D eigenvalue weighted by Gasteiger charge is -2.09. The Morgan fingerprint density at radius 2 is 2.21 bits per heavy atom. The lowest BCUT2D eigenvalue weighted by atomic mass is 10.1. The Hall–Kier alpha value is -2.15. The van der Waals surface area contributed by atoms with Crippen LogP contribution in [0.4, 0.5) is 0 Å². The molecule has 0 radical (unpaired) electrons. The van der Waals surface area contributed by atoms with E-state index in [4.69, 9.17) is 15.6 Å². The SMILES string of the molecule is C/C(Cc1ccccc1OCC(=O)O)=N/NC(N)=S. The van der Waals surface area contributed by atoms with Gasteiger partial charge in [-0.1, -0.05) is 18.2 Å². The molecule has 0 unspecified atom stereocenters. The number of hydrogen-bond acceptors (Lipinski definition) is 4. The second-order valence-corrected chi connectivity index (χ2v) is 4.23. The van der Waals surface area contributed by atoms with Gasteiger partial charge in [-0.3, -0.25) is 5.43 Å². The summed E-state index contributed by atoms with van der Waals surface area (Å²) in [6.45, 7) is 1.43. The lowest BCUT2D eigenvalue weighted by molar-refractivity contribution is -0.139. The highest BCUT2D eigenvalue weighted by molar-refractivity contribution is 7.80. The van der Waals surface area contributed by atoms with Crippen LogP contribution in [0.2, 0.25) is 0 Å². The maximum absolute atomic E-state index is 10.5. The minimum atomic E-state index is -1.02. The minimum Gasteiger partial charge on any atom is -0.482 e. The summed E-state index contributed by atoms with van der Waals surface area (Å²) < 4.78 is 5.20. The highest BCUT2D eigenvalue weighted by Crippen LogP contribution is 2.18. The molecule has 7 heteroatoms. The van der Waals surface area contributed by atoms with Gasteiger partial charge in [0.05, 0.1) is 0 Å². The Bertz CT molecular complexity index is 503. The van der Waals surface area contributed by atoms with Gasteiger partial charge in [-0.05, 0) is 30.8 Å². The molecule has 4 N–H and O–H groups in total. The molecule has 0 heterocycles. The molecule has 0 aromatic heterocycles. The number of nitrogens with one attached hydrogen (secondary N) is 1. The third-order valence-corrected chi connectivity index (χ3v) is 2.22. The van der Waals surface area contributed by atoms with Crippen molar-refractivity contribution in [2.75, 3.05) is 6.61 Å². The number of benzene rings is 1. The molecule has 1 aromatic carbocycles. The van der Waals surface area contributed by atoms with Gasteiger partial charge < -0.3 is 15.6 Å². The predicted octanol–water partition coefficient (Wildman–Crippen LogP) is 0.902. The summed E-state index contributed by atoms with van der Waals surface area (Å²) in [6, 6.07) is 7.18. The Labute approximate surface area is 116 Å². The Balaban J connectivity index is 2.74. The van der Waals surface area contributed by atoms with E-state index < -0.39 is 5.97 Å². The molecule has 0 atom stereocenters. The first-order valence-corrected chi connectivity index (χ1v) is 5.91. The number of aliphatic carboxylic acids is 1. The number of carbonyl (C=O) groups is 1. The number of thiocarbonyl (C=S) groups is 1. The normalized spacial score (nSPS) is 10.9. The van der Waals surface area contributed by atoms with Crippen LogP contribution in [-0.4, -0.2) is 28.5 Å².